The molecule has 0 aromatic heterocycles. The molecule has 1 atom stereocenters. The van der Waals surface area contributed by atoms with E-state index in [-0.39, 0.29) is 29.0 Å². The van der Waals surface area contributed by atoms with Crippen molar-refractivity contribution in [1.82, 2.24) is 0 Å². The molecule has 7 heteroatoms. The van der Waals surface area contributed by atoms with Gasteiger partial charge in [0.05, 0.1) is 0 Å². The molecule has 1 fully saturated rings. The van der Waals surface area contributed by atoms with E-state index in [9.17, 15) is 0 Å². The summed E-state index contributed by atoms with van der Waals surface area (Å²) < 4.78 is 37.5. The zero-order valence-electron chi connectivity index (χ0n) is 14.3. The van der Waals surface area contributed by atoms with Crippen LogP contribution in [0, 0.1) is 33.3 Å². The van der Waals surface area contributed by atoms with E-state index in [1.807, 2.05) is 0 Å². The van der Waals surface area contributed by atoms with E-state index in [4.69, 9.17) is 23.3 Å². The molecule has 25 heavy (non-hydrogen) atoms. The molecule has 1 aliphatic rings. The summed E-state index contributed by atoms with van der Waals surface area (Å²) in [6.07, 6.45) is 0. The van der Waals surface area contributed by atoms with Crippen LogP contribution in [0.5, 0.6) is 0 Å². The summed E-state index contributed by atoms with van der Waals surface area (Å²) in [6.45, 7) is 31.7. The van der Waals surface area contributed by atoms with Gasteiger partial charge in [-0.2, -0.15) is 0 Å². The Morgan fingerprint density at radius 1 is 0.760 bits per heavy atom. The molecule has 1 unspecified atom stereocenters. The van der Waals surface area contributed by atoms with Crippen LogP contribution in [0.3, 0.4) is 0 Å². The third kappa shape index (κ3) is 11.9. The molecule has 1 aliphatic heterocycles. The van der Waals surface area contributed by atoms with E-state index in [0.717, 1.165) is 0 Å². The van der Waals surface area contributed by atoms with E-state index in [2.05, 4.69) is 91.3 Å². The summed E-state index contributed by atoms with van der Waals surface area (Å²) in [7, 11) is -0.0121. The maximum Gasteiger partial charge on any atom is 0 e. The topological polar surface area (TPSA) is 99.5 Å². The van der Waals surface area contributed by atoms with E-state index in [0.29, 0.717) is 5.16 Å². The van der Waals surface area contributed by atoms with Crippen LogP contribution < -0.4 is 5.30 Å². The monoisotopic (exact) mass is 528 g/mol. The van der Waals surface area contributed by atoms with Crippen LogP contribution >= 0.6 is 7.92 Å². The Morgan fingerprint density at radius 3 is 1.32 bits per heavy atom. The van der Waals surface area contributed by atoms with Crippen molar-refractivity contribution in [2.75, 3.05) is 0 Å². The van der Waals surface area contributed by atoms with Crippen LogP contribution in [-0.2, 0) is 44.3 Å². The quantitative estimate of drug-likeness (QED) is 0.302. The summed E-state index contributed by atoms with van der Waals surface area (Å²) in [5.74, 6) is 0. The molecule has 0 amide bonds. The van der Waals surface area contributed by atoms with E-state index in [1.165, 1.54) is 10.9 Å². The molecule has 0 N–H and O–H groups in total. The third-order valence-corrected chi connectivity index (χ3v) is 6.19. The predicted molar refractivity (Wildman–Crippen MR) is 85.1 cm³/mol. The first-order valence-corrected chi connectivity index (χ1v) is 7.44. The van der Waals surface area contributed by atoms with Gasteiger partial charge in [-0.05, 0) is 32.4 Å². The van der Waals surface area contributed by atoms with Crippen molar-refractivity contribution >= 4 is 13.2 Å². The van der Waals surface area contributed by atoms with Gasteiger partial charge in [0.2, 0.25) is 0 Å². The van der Waals surface area contributed by atoms with E-state index >= 15 is 0 Å². The second-order valence-corrected chi connectivity index (χ2v) is 7.33. The van der Waals surface area contributed by atoms with Crippen molar-refractivity contribution in [3.05, 3.63) is 74.5 Å². The number of benzene rings is 1. The first-order valence-electron chi connectivity index (χ1n) is 6.10. The van der Waals surface area contributed by atoms with Gasteiger partial charge in [0.25, 0.3) is 0 Å². The number of allylic oxidation sites excluding steroid dienone is 2. The van der Waals surface area contributed by atoms with Crippen LogP contribution in [0.1, 0.15) is 27.7 Å². The summed E-state index contributed by atoms with van der Waals surface area (Å²) in [6, 6.07) is 10.9. The molecular formula is C18H17O5PW. The second kappa shape index (κ2) is 22.8. The Bertz CT molecular complexity index is 544. The van der Waals surface area contributed by atoms with Gasteiger partial charge in [0.15, 0.2) is 0 Å². The maximum atomic E-state index is 7.50. The Labute approximate surface area is 164 Å². The minimum Gasteiger partial charge on any atom is 0 e. The van der Waals surface area contributed by atoms with Crippen LogP contribution in [0.15, 0.2) is 41.2 Å². The Kier molecular flexibility index (Phi) is 31.9. The van der Waals surface area contributed by atoms with Gasteiger partial charge in [-0.15, -0.1) is 0 Å². The van der Waals surface area contributed by atoms with E-state index < -0.39 is 0 Å². The van der Waals surface area contributed by atoms with Crippen molar-refractivity contribution in [1.29, 1.82) is 0 Å². The average molecular weight is 528 g/mol. The zero-order chi connectivity index (χ0) is 20.3. The van der Waals surface area contributed by atoms with Gasteiger partial charge in [0.1, 0.15) is 0 Å². The van der Waals surface area contributed by atoms with Gasteiger partial charge in [-0.3, -0.25) is 0 Å². The SMILES string of the molecule is CC(C)=C1P(c2ccccc2)C1(C)C.[C-]#[O+].[C-]#[O+].[C-]#[O+].[C-]#[O+].[C-]#[O+].[W]. The number of hydrogen-bond acceptors (Lipinski definition) is 0. The molecule has 1 saturated heterocycles. The van der Waals surface area contributed by atoms with Gasteiger partial charge < -0.3 is 0 Å². The molecule has 0 spiro atoms. The summed E-state index contributed by atoms with van der Waals surface area (Å²) in [5.41, 5.74) is 1.52. The van der Waals surface area contributed by atoms with Crippen molar-refractivity contribution in [3.63, 3.8) is 0 Å². The molecule has 0 aliphatic carbocycles. The summed E-state index contributed by atoms with van der Waals surface area (Å²) >= 11 is 0. The summed E-state index contributed by atoms with van der Waals surface area (Å²) in [4.78, 5) is 0. The molecule has 0 radical (unpaired) electrons. The zero-order valence-corrected chi connectivity index (χ0v) is 18.1. The first kappa shape index (κ1) is 35.0. The van der Waals surface area contributed by atoms with Crippen LogP contribution in [0.25, 0.3) is 0 Å². The predicted octanol–water partition coefficient (Wildman–Crippen LogP) is 3.69. The number of rotatable bonds is 1. The molecule has 1 aromatic rings. The Morgan fingerprint density at radius 2 is 1.08 bits per heavy atom. The fourth-order valence-corrected chi connectivity index (χ4v) is 5.31. The van der Waals surface area contributed by atoms with Crippen molar-refractivity contribution in [2.45, 2.75) is 32.9 Å². The standard InChI is InChI=1S/C13H17P.5CO.W/c1-10(2)12-13(3,4)14(12)11-8-6-5-7-9-11;5*1-2;/h5-9H,1-4H3;;;;;;. The summed E-state index contributed by atoms with van der Waals surface area (Å²) in [5, 5.41) is 3.68. The largest absolute Gasteiger partial charge is 0 e. The molecule has 0 bridgehead atoms. The molecule has 1 aromatic carbocycles. The fraction of sp³-hybridized carbons (Fsp3) is 0.278. The number of hydrogen-bond donors (Lipinski definition) is 0. The van der Waals surface area contributed by atoms with Crippen LogP contribution in [0.4, 0.5) is 0 Å². The minimum absolute atomic E-state index is 0. The average Bonchev–Trinajstić information content (AvgIpc) is 3.27. The van der Waals surface area contributed by atoms with Gasteiger partial charge in [0, 0.05) is 26.2 Å². The molecule has 130 valence electrons. The van der Waals surface area contributed by atoms with Gasteiger partial charge in [-0.25, -0.2) is 0 Å². The van der Waals surface area contributed by atoms with E-state index in [1.54, 1.807) is 5.31 Å². The van der Waals surface area contributed by atoms with Gasteiger partial charge in [-0.1, -0.05) is 49.8 Å². The van der Waals surface area contributed by atoms with Crippen molar-refractivity contribution in [3.8, 4) is 0 Å². The fourth-order valence-electron chi connectivity index (χ4n) is 2.28. The molecular weight excluding hydrogens is 511 g/mol. The van der Waals surface area contributed by atoms with Crippen LogP contribution in [0.2, 0.25) is 0 Å². The minimum atomic E-state index is -0.0121. The Hall–Kier alpha value is -1.22. The molecule has 2 rings (SSSR count). The molecule has 0 saturated carbocycles. The van der Waals surface area contributed by atoms with Crippen LogP contribution in [-0.4, -0.2) is 5.16 Å². The maximum absolute atomic E-state index is 7.50. The van der Waals surface area contributed by atoms with Crippen molar-refractivity contribution < 1.29 is 44.3 Å². The smallest absolute Gasteiger partial charge is 0 e. The molecule has 5 nitrogen and oxygen atoms in total. The molecule has 1 heterocycles. The Balaban J connectivity index is -0.000000105. The third-order valence-electron chi connectivity index (χ3n) is 2.80. The van der Waals surface area contributed by atoms with Crippen molar-refractivity contribution in [2.24, 2.45) is 0 Å². The normalized spacial score (nSPS) is 13.5. The van der Waals surface area contributed by atoms with Gasteiger partial charge >= 0.3 is 56.5 Å². The first-order chi connectivity index (χ1) is 11.5. The second-order valence-electron chi connectivity index (χ2n) is 4.58.